The number of rotatable bonds is 2. The maximum absolute atomic E-state index is 12.1. The average Bonchev–Trinajstić information content (AvgIpc) is 2.98. The molecule has 2 heterocycles. The van der Waals surface area contributed by atoms with Gasteiger partial charge in [-0.2, -0.15) is 5.10 Å². The molecule has 2 aromatic rings. The van der Waals surface area contributed by atoms with E-state index in [9.17, 15) is 4.79 Å². The lowest BCUT2D eigenvalue weighted by molar-refractivity contribution is 0.103. The highest BCUT2D eigenvalue weighted by Crippen LogP contribution is 2.20. The van der Waals surface area contributed by atoms with Crippen LogP contribution in [0.4, 0.5) is 5.69 Å². The summed E-state index contributed by atoms with van der Waals surface area (Å²) in [4.78, 5) is 13.4. The number of amides is 1. The highest BCUT2D eigenvalue weighted by atomic mass is 32.1. The fourth-order valence-corrected chi connectivity index (χ4v) is 2.34. The molecule has 0 saturated heterocycles. The Hall–Kier alpha value is -2.10. The van der Waals surface area contributed by atoms with Crippen LogP contribution in [0.15, 0.2) is 12.1 Å². The summed E-state index contributed by atoms with van der Waals surface area (Å²) in [5.74, 6) is 5.14. The van der Waals surface area contributed by atoms with Gasteiger partial charge in [-0.3, -0.25) is 9.89 Å². The number of aliphatic hydroxyl groups excluding tert-OH is 1. The van der Waals surface area contributed by atoms with Crippen LogP contribution in [-0.4, -0.2) is 27.8 Å². The van der Waals surface area contributed by atoms with Crippen LogP contribution in [0, 0.1) is 25.7 Å². The minimum Gasteiger partial charge on any atom is -0.384 e. The molecule has 3 N–H and O–H groups in total. The Bertz CT molecular complexity index is 641. The summed E-state index contributed by atoms with van der Waals surface area (Å²) in [5, 5.41) is 18.3. The first-order chi connectivity index (χ1) is 9.11. The summed E-state index contributed by atoms with van der Waals surface area (Å²) >= 11 is 1.29. The number of nitrogens with zero attached hydrogens (tertiary/aromatic N) is 1. The standard InChI is InChI=1S/C13H13N3O2S/c1-8-12(9(2)16-15-8)14-13(18)11-6-5-10(19-11)4-3-7-17/h5-6,17H,7H2,1-2H3,(H,14,18)(H,15,16). The minimum atomic E-state index is -0.188. The van der Waals surface area contributed by atoms with Gasteiger partial charge in [0.2, 0.25) is 0 Å². The molecule has 6 heteroatoms. The number of hydrogen-bond donors (Lipinski definition) is 3. The van der Waals surface area contributed by atoms with Crippen molar-refractivity contribution in [3.8, 4) is 11.8 Å². The van der Waals surface area contributed by atoms with Crippen molar-refractivity contribution in [3.05, 3.63) is 33.3 Å². The smallest absolute Gasteiger partial charge is 0.265 e. The molecule has 0 bridgehead atoms. The predicted octanol–water partition coefficient (Wildman–Crippen LogP) is 1.68. The van der Waals surface area contributed by atoms with Crippen LogP contribution < -0.4 is 5.32 Å². The van der Waals surface area contributed by atoms with E-state index in [-0.39, 0.29) is 12.5 Å². The van der Waals surface area contributed by atoms with Crippen molar-refractivity contribution in [2.45, 2.75) is 13.8 Å². The Labute approximate surface area is 114 Å². The largest absolute Gasteiger partial charge is 0.384 e. The molecule has 0 aliphatic rings. The first-order valence-corrected chi connectivity index (χ1v) is 6.46. The average molecular weight is 275 g/mol. The second-order valence-electron chi connectivity index (χ2n) is 3.89. The summed E-state index contributed by atoms with van der Waals surface area (Å²) in [5.41, 5.74) is 2.28. The van der Waals surface area contributed by atoms with E-state index in [1.54, 1.807) is 12.1 Å². The molecule has 0 fully saturated rings. The number of thiophene rings is 1. The molecule has 0 spiro atoms. The van der Waals surface area contributed by atoms with Crippen LogP contribution in [-0.2, 0) is 0 Å². The molecule has 0 atom stereocenters. The summed E-state index contributed by atoms with van der Waals surface area (Å²) in [6.45, 7) is 3.49. The van der Waals surface area contributed by atoms with Crippen LogP contribution in [0.25, 0.3) is 0 Å². The highest BCUT2D eigenvalue weighted by Gasteiger charge is 2.13. The number of aromatic amines is 1. The molecule has 5 nitrogen and oxygen atoms in total. The Morgan fingerprint density at radius 3 is 2.95 bits per heavy atom. The zero-order valence-electron chi connectivity index (χ0n) is 10.6. The number of anilines is 1. The summed E-state index contributed by atoms with van der Waals surface area (Å²) in [6.07, 6.45) is 0. The Kier molecular flexibility index (Phi) is 4.00. The van der Waals surface area contributed by atoms with Gasteiger partial charge in [0.1, 0.15) is 6.61 Å². The van der Waals surface area contributed by atoms with Crippen molar-refractivity contribution in [1.82, 2.24) is 10.2 Å². The number of aromatic nitrogens is 2. The van der Waals surface area contributed by atoms with Gasteiger partial charge in [0.15, 0.2) is 0 Å². The molecule has 0 aromatic carbocycles. The van der Waals surface area contributed by atoms with E-state index in [1.165, 1.54) is 11.3 Å². The number of carbonyl (C=O) groups excluding carboxylic acids is 1. The highest BCUT2D eigenvalue weighted by molar-refractivity contribution is 7.14. The molecule has 98 valence electrons. The van der Waals surface area contributed by atoms with Crippen LogP contribution in [0.2, 0.25) is 0 Å². The Balaban J connectivity index is 2.14. The Morgan fingerprint density at radius 1 is 1.53 bits per heavy atom. The summed E-state index contributed by atoms with van der Waals surface area (Å²) < 4.78 is 0. The van der Waals surface area contributed by atoms with Crippen LogP contribution in [0.3, 0.4) is 0 Å². The molecule has 0 unspecified atom stereocenters. The van der Waals surface area contributed by atoms with E-state index >= 15 is 0 Å². The first kappa shape index (κ1) is 13.3. The van der Waals surface area contributed by atoms with Gasteiger partial charge in [-0.05, 0) is 26.0 Å². The van der Waals surface area contributed by atoms with Crippen LogP contribution in [0.1, 0.15) is 25.9 Å². The van der Waals surface area contributed by atoms with Crippen molar-refractivity contribution < 1.29 is 9.90 Å². The third kappa shape index (κ3) is 3.02. The zero-order chi connectivity index (χ0) is 13.8. The van der Waals surface area contributed by atoms with Gasteiger partial charge in [0.25, 0.3) is 5.91 Å². The van der Waals surface area contributed by atoms with E-state index in [2.05, 4.69) is 27.4 Å². The SMILES string of the molecule is Cc1n[nH]c(C)c1NC(=O)c1ccc(C#CCO)s1. The third-order valence-electron chi connectivity index (χ3n) is 2.49. The summed E-state index contributed by atoms with van der Waals surface area (Å²) in [7, 11) is 0. The molecule has 0 saturated carbocycles. The number of aliphatic hydroxyl groups is 1. The van der Waals surface area contributed by atoms with Gasteiger partial charge < -0.3 is 10.4 Å². The third-order valence-corrected chi connectivity index (χ3v) is 3.49. The minimum absolute atomic E-state index is 0.186. The maximum atomic E-state index is 12.1. The molecule has 19 heavy (non-hydrogen) atoms. The van der Waals surface area contributed by atoms with E-state index in [0.29, 0.717) is 10.6 Å². The fraction of sp³-hybridized carbons (Fsp3) is 0.231. The predicted molar refractivity (Wildman–Crippen MR) is 74.3 cm³/mol. The molecular formula is C13H13N3O2S. The van der Waals surface area contributed by atoms with Crippen LogP contribution >= 0.6 is 11.3 Å². The van der Waals surface area contributed by atoms with Gasteiger partial charge in [0, 0.05) is 0 Å². The van der Waals surface area contributed by atoms with E-state index in [4.69, 9.17) is 5.11 Å². The van der Waals surface area contributed by atoms with Gasteiger partial charge in [-0.25, -0.2) is 0 Å². The van der Waals surface area contributed by atoms with Crippen molar-refractivity contribution in [3.63, 3.8) is 0 Å². The van der Waals surface area contributed by atoms with Gasteiger partial charge in [-0.1, -0.05) is 11.8 Å². The quantitative estimate of drug-likeness (QED) is 0.730. The van der Waals surface area contributed by atoms with Crippen molar-refractivity contribution in [2.75, 3.05) is 11.9 Å². The van der Waals surface area contributed by atoms with E-state index in [0.717, 1.165) is 16.3 Å². The first-order valence-electron chi connectivity index (χ1n) is 5.64. The lowest BCUT2D eigenvalue weighted by Crippen LogP contribution is -2.11. The maximum Gasteiger partial charge on any atom is 0.265 e. The lowest BCUT2D eigenvalue weighted by Gasteiger charge is -2.02. The van der Waals surface area contributed by atoms with Crippen LogP contribution in [0.5, 0.6) is 0 Å². The number of carbonyl (C=O) groups is 1. The monoisotopic (exact) mass is 275 g/mol. The fourth-order valence-electron chi connectivity index (χ4n) is 1.56. The lowest BCUT2D eigenvalue weighted by atomic mass is 10.3. The second-order valence-corrected chi connectivity index (χ2v) is 4.97. The van der Waals surface area contributed by atoms with Crippen molar-refractivity contribution in [2.24, 2.45) is 0 Å². The number of nitrogens with one attached hydrogen (secondary N) is 2. The second kappa shape index (κ2) is 5.69. The zero-order valence-corrected chi connectivity index (χ0v) is 11.4. The Morgan fingerprint density at radius 2 is 2.32 bits per heavy atom. The molecule has 0 aliphatic heterocycles. The molecule has 2 rings (SSSR count). The number of H-pyrrole nitrogens is 1. The molecule has 2 aromatic heterocycles. The van der Waals surface area contributed by atoms with Crippen molar-refractivity contribution >= 4 is 22.9 Å². The summed E-state index contributed by atoms with van der Waals surface area (Å²) in [6, 6.07) is 3.48. The molecule has 0 aliphatic carbocycles. The topological polar surface area (TPSA) is 78.0 Å². The van der Waals surface area contributed by atoms with E-state index in [1.807, 2.05) is 13.8 Å². The number of hydrogen-bond acceptors (Lipinski definition) is 4. The van der Waals surface area contributed by atoms with Gasteiger partial charge in [-0.15, -0.1) is 11.3 Å². The van der Waals surface area contributed by atoms with Gasteiger partial charge >= 0.3 is 0 Å². The molecule has 0 radical (unpaired) electrons. The van der Waals surface area contributed by atoms with E-state index < -0.39 is 0 Å². The normalized spacial score (nSPS) is 9.84. The van der Waals surface area contributed by atoms with Crippen molar-refractivity contribution in [1.29, 1.82) is 0 Å². The molecular weight excluding hydrogens is 262 g/mol. The van der Waals surface area contributed by atoms with Gasteiger partial charge in [0.05, 0.1) is 26.8 Å². The molecule has 1 amide bonds. The number of aryl methyl sites for hydroxylation is 2.